The molecule has 3 rings (SSSR count). The quantitative estimate of drug-likeness (QED) is 0.860. The van der Waals surface area contributed by atoms with Crippen LogP contribution in [0.5, 0.6) is 5.75 Å². The molecule has 0 spiro atoms. The third-order valence-electron chi connectivity index (χ3n) is 4.74. The number of carbonyl (C=O) groups excluding carboxylic acids is 2. The van der Waals surface area contributed by atoms with Gasteiger partial charge in [0.1, 0.15) is 5.75 Å². The van der Waals surface area contributed by atoms with Crippen LogP contribution in [-0.2, 0) is 9.59 Å². The van der Waals surface area contributed by atoms with Gasteiger partial charge in [-0.3, -0.25) is 9.59 Å². The number of ether oxygens (including phenoxy) is 1. The van der Waals surface area contributed by atoms with E-state index in [2.05, 4.69) is 6.92 Å². The summed E-state index contributed by atoms with van der Waals surface area (Å²) in [6, 6.07) is 5.80. The predicted octanol–water partition coefficient (Wildman–Crippen LogP) is 2.37. The lowest BCUT2D eigenvalue weighted by molar-refractivity contribution is -0.132. The smallest absolute Gasteiger partial charge is 0.265 e. The van der Waals surface area contributed by atoms with Crippen LogP contribution in [0.25, 0.3) is 0 Å². The number of anilines is 1. The highest BCUT2D eigenvalue weighted by Crippen LogP contribution is 2.33. The molecule has 0 aliphatic carbocycles. The Balaban J connectivity index is 1.65. The fourth-order valence-corrected chi connectivity index (χ4v) is 3.18. The Morgan fingerprint density at radius 3 is 2.78 bits per heavy atom. The Bertz CT molecular complexity index is 606. The van der Waals surface area contributed by atoms with Gasteiger partial charge in [0.15, 0.2) is 6.61 Å². The van der Waals surface area contributed by atoms with Gasteiger partial charge in [0, 0.05) is 26.1 Å². The van der Waals surface area contributed by atoms with Crippen molar-refractivity contribution in [3.63, 3.8) is 0 Å². The van der Waals surface area contributed by atoms with Crippen LogP contribution in [0.2, 0.25) is 0 Å². The highest BCUT2D eigenvalue weighted by molar-refractivity contribution is 5.98. The Kier molecular flexibility index (Phi) is 4.55. The zero-order valence-corrected chi connectivity index (χ0v) is 13.9. The van der Waals surface area contributed by atoms with Crippen molar-refractivity contribution in [1.82, 2.24) is 4.90 Å². The molecule has 124 valence electrons. The minimum Gasteiger partial charge on any atom is -0.482 e. The van der Waals surface area contributed by atoms with Gasteiger partial charge in [0.25, 0.3) is 5.91 Å². The molecule has 0 bridgehead atoms. The van der Waals surface area contributed by atoms with E-state index < -0.39 is 0 Å². The first-order valence-electron chi connectivity index (χ1n) is 8.36. The lowest BCUT2D eigenvalue weighted by atomic mass is 9.99. The molecule has 2 amide bonds. The number of likely N-dealkylation sites (tertiary alicyclic amines) is 1. The van der Waals surface area contributed by atoms with Crippen molar-refractivity contribution in [1.29, 1.82) is 0 Å². The molecule has 1 aromatic rings. The number of amides is 2. The molecule has 2 aliphatic heterocycles. The molecule has 0 atom stereocenters. The van der Waals surface area contributed by atoms with E-state index in [0.29, 0.717) is 18.9 Å². The van der Waals surface area contributed by atoms with Crippen LogP contribution in [0.1, 0.15) is 31.7 Å². The van der Waals surface area contributed by atoms with Crippen LogP contribution in [-0.4, -0.2) is 43.0 Å². The second-order valence-electron chi connectivity index (χ2n) is 6.62. The van der Waals surface area contributed by atoms with Gasteiger partial charge in [-0.1, -0.05) is 13.0 Å². The number of aryl methyl sites for hydroxylation is 1. The van der Waals surface area contributed by atoms with Crippen LogP contribution in [0.15, 0.2) is 18.2 Å². The van der Waals surface area contributed by atoms with Crippen molar-refractivity contribution in [3.05, 3.63) is 23.8 Å². The van der Waals surface area contributed by atoms with Crippen molar-refractivity contribution in [2.75, 3.05) is 31.1 Å². The minimum absolute atomic E-state index is 0.0471. The number of benzene rings is 1. The van der Waals surface area contributed by atoms with Gasteiger partial charge >= 0.3 is 0 Å². The fourth-order valence-electron chi connectivity index (χ4n) is 3.18. The number of nitrogens with zero attached hydrogens (tertiary/aromatic N) is 2. The maximum atomic E-state index is 12.4. The summed E-state index contributed by atoms with van der Waals surface area (Å²) < 4.78 is 5.47. The zero-order chi connectivity index (χ0) is 16.4. The van der Waals surface area contributed by atoms with Gasteiger partial charge in [-0.25, -0.2) is 0 Å². The summed E-state index contributed by atoms with van der Waals surface area (Å²) in [5.41, 5.74) is 1.85. The molecule has 0 unspecified atom stereocenters. The van der Waals surface area contributed by atoms with Crippen molar-refractivity contribution >= 4 is 17.5 Å². The van der Waals surface area contributed by atoms with Crippen molar-refractivity contribution in [2.24, 2.45) is 5.92 Å². The first-order chi connectivity index (χ1) is 11.0. The fraction of sp³-hybridized carbons (Fsp3) is 0.556. The van der Waals surface area contributed by atoms with E-state index in [-0.39, 0.29) is 18.4 Å². The summed E-state index contributed by atoms with van der Waals surface area (Å²) >= 11 is 0. The molecular formula is C18H24N2O3. The Hall–Kier alpha value is -2.04. The van der Waals surface area contributed by atoms with E-state index in [9.17, 15) is 9.59 Å². The number of hydrogen-bond acceptors (Lipinski definition) is 3. The highest BCUT2D eigenvalue weighted by atomic mass is 16.5. The maximum Gasteiger partial charge on any atom is 0.265 e. The molecule has 0 N–H and O–H groups in total. The van der Waals surface area contributed by atoms with Gasteiger partial charge in [-0.2, -0.15) is 0 Å². The van der Waals surface area contributed by atoms with Crippen LogP contribution in [0, 0.1) is 12.8 Å². The van der Waals surface area contributed by atoms with Gasteiger partial charge in [-0.15, -0.1) is 0 Å². The number of hydrogen-bond donors (Lipinski definition) is 0. The molecule has 0 radical (unpaired) electrons. The second kappa shape index (κ2) is 6.60. The van der Waals surface area contributed by atoms with E-state index >= 15 is 0 Å². The summed E-state index contributed by atoms with van der Waals surface area (Å²) in [5.74, 6) is 1.48. The number of fused-ring (bicyclic) bond motifs is 1. The van der Waals surface area contributed by atoms with Crippen molar-refractivity contribution in [2.45, 2.75) is 33.1 Å². The third kappa shape index (κ3) is 3.49. The first-order valence-corrected chi connectivity index (χ1v) is 8.36. The predicted molar refractivity (Wildman–Crippen MR) is 88.6 cm³/mol. The molecule has 1 saturated heterocycles. The van der Waals surface area contributed by atoms with Gasteiger partial charge in [-0.05, 0) is 43.4 Å². The summed E-state index contributed by atoms with van der Waals surface area (Å²) in [4.78, 5) is 28.2. The minimum atomic E-state index is -0.0804. The molecule has 1 aromatic carbocycles. The van der Waals surface area contributed by atoms with E-state index in [1.807, 2.05) is 30.0 Å². The van der Waals surface area contributed by atoms with Gasteiger partial charge < -0.3 is 14.5 Å². The molecule has 5 nitrogen and oxygen atoms in total. The monoisotopic (exact) mass is 316 g/mol. The van der Waals surface area contributed by atoms with E-state index in [1.165, 1.54) is 0 Å². The van der Waals surface area contributed by atoms with Crippen LogP contribution in [0.4, 0.5) is 5.69 Å². The normalized spacial score (nSPS) is 18.6. The molecule has 2 heterocycles. The van der Waals surface area contributed by atoms with Gasteiger partial charge in [0.2, 0.25) is 5.91 Å². The van der Waals surface area contributed by atoms with E-state index in [4.69, 9.17) is 4.74 Å². The van der Waals surface area contributed by atoms with Crippen LogP contribution in [0.3, 0.4) is 0 Å². The lowest BCUT2D eigenvalue weighted by Crippen LogP contribution is -2.43. The Morgan fingerprint density at radius 1 is 1.30 bits per heavy atom. The second-order valence-corrected chi connectivity index (χ2v) is 6.62. The SMILES string of the molecule is Cc1ccc2c(c1)N(CCC(=O)N1CCC(C)CC1)C(=O)CO2. The standard InChI is InChI=1S/C18H24N2O3/c1-13-5-8-19(9-6-13)17(21)7-10-20-15-11-14(2)3-4-16(15)23-12-18(20)22/h3-4,11,13H,5-10,12H2,1-2H3. The first kappa shape index (κ1) is 15.8. The van der Waals surface area contributed by atoms with Crippen molar-refractivity contribution in [3.8, 4) is 5.75 Å². The van der Waals surface area contributed by atoms with E-state index in [1.54, 1.807) is 4.90 Å². The molecule has 0 saturated carbocycles. The average Bonchev–Trinajstić information content (AvgIpc) is 2.54. The summed E-state index contributed by atoms with van der Waals surface area (Å²) in [6.45, 7) is 6.36. The molecule has 2 aliphatic rings. The lowest BCUT2D eigenvalue weighted by Gasteiger charge is -2.32. The van der Waals surface area contributed by atoms with Crippen LogP contribution >= 0.6 is 0 Å². The molecular weight excluding hydrogens is 292 g/mol. The topological polar surface area (TPSA) is 49.9 Å². The Morgan fingerprint density at radius 2 is 2.04 bits per heavy atom. The molecule has 23 heavy (non-hydrogen) atoms. The van der Waals surface area contributed by atoms with Crippen molar-refractivity contribution < 1.29 is 14.3 Å². The molecule has 0 aromatic heterocycles. The Labute approximate surface area is 137 Å². The number of rotatable bonds is 3. The number of carbonyl (C=O) groups is 2. The average molecular weight is 316 g/mol. The largest absolute Gasteiger partial charge is 0.482 e. The number of piperidine rings is 1. The highest BCUT2D eigenvalue weighted by Gasteiger charge is 2.27. The zero-order valence-electron chi connectivity index (χ0n) is 13.9. The third-order valence-corrected chi connectivity index (χ3v) is 4.74. The molecule has 1 fully saturated rings. The summed E-state index contributed by atoms with van der Waals surface area (Å²) in [6.07, 6.45) is 2.52. The molecule has 5 heteroatoms. The van der Waals surface area contributed by atoms with E-state index in [0.717, 1.165) is 42.9 Å². The van der Waals surface area contributed by atoms with Gasteiger partial charge in [0.05, 0.1) is 5.69 Å². The summed E-state index contributed by atoms with van der Waals surface area (Å²) in [5, 5.41) is 0. The summed E-state index contributed by atoms with van der Waals surface area (Å²) in [7, 11) is 0. The maximum absolute atomic E-state index is 12.4. The van der Waals surface area contributed by atoms with Crippen LogP contribution < -0.4 is 9.64 Å².